The first kappa shape index (κ1) is 36.8. The Morgan fingerprint density at radius 2 is 1.33 bits per heavy atom. The van der Waals surface area contributed by atoms with Gasteiger partial charge in [0.1, 0.15) is 29.9 Å². The van der Waals surface area contributed by atoms with Crippen LogP contribution in [0.5, 0.6) is 11.5 Å². The van der Waals surface area contributed by atoms with Crippen molar-refractivity contribution >= 4 is 27.5 Å². The summed E-state index contributed by atoms with van der Waals surface area (Å²) in [6.07, 6.45) is 0.175. The molecular formula is C41H42FN3O5S. The second kappa shape index (κ2) is 17.0. The lowest BCUT2D eigenvalue weighted by atomic mass is 10.0. The van der Waals surface area contributed by atoms with E-state index in [2.05, 4.69) is 5.32 Å². The molecule has 0 aliphatic rings. The van der Waals surface area contributed by atoms with Crippen molar-refractivity contribution in [2.75, 3.05) is 17.4 Å². The Bertz CT molecular complexity index is 1990. The van der Waals surface area contributed by atoms with Gasteiger partial charge in [-0.15, -0.1) is 0 Å². The minimum atomic E-state index is -4.28. The van der Waals surface area contributed by atoms with Gasteiger partial charge in [-0.05, 0) is 84.6 Å². The van der Waals surface area contributed by atoms with Crippen molar-refractivity contribution in [3.8, 4) is 11.5 Å². The number of para-hydroxylation sites is 1. The number of amides is 2. The molecule has 0 unspecified atom stereocenters. The first-order valence-corrected chi connectivity index (χ1v) is 18.2. The number of carbonyl (C=O) groups excluding carboxylic acids is 2. The summed E-state index contributed by atoms with van der Waals surface area (Å²) < 4.78 is 49.6. The summed E-state index contributed by atoms with van der Waals surface area (Å²) in [5, 5.41) is 2.97. The summed E-state index contributed by atoms with van der Waals surface area (Å²) in [5.41, 5.74) is 2.50. The van der Waals surface area contributed by atoms with Gasteiger partial charge >= 0.3 is 0 Å². The molecule has 0 saturated carbocycles. The average molecular weight is 708 g/mol. The molecule has 5 aromatic carbocycles. The average Bonchev–Trinajstić information content (AvgIpc) is 3.13. The highest BCUT2D eigenvalue weighted by atomic mass is 32.2. The Labute approximate surface area is 299 Å². The van der Waals surface area contributed by atoms with E-state index in [0.717, 1.165) is 15.4 Å². The highest BCUT2D eigenvalue weighted by Gasteiger charge is 2.34. The third-order valence-corrected chi connectivity index (χ3v) is 10.0. The number of anilines is 1. The molecule has 0 aliphatic carbocycles. The van der Waals surface area contributed by atoms with Crippen LogP contribution in [0.1, 0.15) is 30.5 Å². The smallest absolute Gasteiger partial charge is 0.264 e. The number of sulfonamides is 1. The number of hydrogen-bond acceptors (Lipinski definition) is 5. The monoisotopic (exact) mass is 707 g/mol. The van der Waals surface area contributed by atoms with E-state index in [4.69, 9.17) is 4.74 Å². The molecule has 51 heavy (non-hydrogen) atoms. The van der Waals surface area contributed by atoms with E-state index in [1.807, 2.05) is 69.3 Å². The summed E-state index contributed by atoms with van der Waals surface area (Å²) in [5.74, 6) is -0.190. The zero-order valence-corrected chi connectivity index (χ0v) is 29.7. The Morgan fingerprint density at radius 3 is 1.94 bits per heavy atom. The van der Waals surface area contributed by atoms with Gasteiger partial charge < -0.3 is 15.0 Å². The van der Waals surface area contributed by atoms with Gasteiger partial charge in [0, 0.05) is 19.5 Å². The van der Waals surface area contributed by atoms with Crippen molar-refractivity contribution in [3.63, 3.8) is 0 Å². The highest BCUT2D eigenvalue weighted by Crippen LogP contribution is 2.29. The van der Waals surface area contributed by atoms with Crippen molar-refractivity contribution in [1.82, 2.24) is 10.2 Å². The third-order valence-electron chi connectivity index (χ3n) is 8.21. The van der Waals surface area contributed by atoms with Crippen LogP contribution in [0.25, 0.3) is 0 Å². The van der Waals surface area contributed by atoms with Crippen LogP contribution in [0, 0.1) is 18.7 Å². The number of hydrogen-bond donors (Lipinski definition) is 1. The van der Waals surface area contributed by atoms with E-state index in [-0.39, 0.29) is 35.4 Å². The maximum atomic E-state index is 14.7. The number of aryl methyl sites for hydroxylation is 1. The summed E-state index contributed by atoms with van der Waals surface area (Å²) in [4.78, 5) is 30.0. The lowest BCUT2D eigenvalue weighted by Crippen LogP contribution is -2.53. The van der Waals surface area contributed by atoms with Crippen molar-refractivity contribution < 1.29 is 27.1 Å². The van der Waals surface area contributed by atoms with E-state index in [1.165, 1.54) is 29.2 Å². The molecule has 0 radical (unpaired) electrons. The number of carbonyl (C=O) groups is 2. The van der Waals surface area contributed by atoms with Crippen LogP contribution in [0.3, 0.4) is 0 Å². The zero-order chi connectivity index (χ0) is 36.4. The van der Waals surface area contributed by atoms with Gasteiger partial charge in [-0.25, -0.2) is 12.8 Å². The molecule has 0 heterocycles. The van der Waals surface area contributed by atoms with Gasteiger partial charge in [0.15, 0.2) is 0 Å². The Kier molecular flexibility index (Phi) is 12.2. The third kappa shape index (κ3) is 10.0. The van der Waals surface area contributed by atoms with Gasteiger partial charge in [-0.3, -0.25) is 13.9 Å². The SMILES string of the molecule is Cc1ccc(S(=O)(=O)N(CC(=O)N(Cc2ccc(F)cc2)[C@H](Cc2ccccc2)C(=O)NCC(C)C)c2ccc(Oc3ccccc3)cc2)cc1. The first-order chi connectivity index (χ1) is 24.5. The lowest BCUT2D eigenvalue weighted by molar-refractivity contribution is -0.140. The van der Waals surface area contributed by atoms with Crippen molar-refractivity contribution in [3.05, 3.63) is 156 Å². The second-order valence-corrected chi connectivity index (χ2v) is 14.6. The van der Waals surface area contributed by atoms with Gasteiger partial charge in [-0.1, -0.05) is 92.2 Å². The zero-order valence-electron chi connectivity index (χ0n) is 28.9. The van der Waals surface area contributed by atoms with E-state index in [9.17, 15) is 22.4 Å². The molecule has 1 N–H and O–H groups in total. The normalized spacial score (nSPS) is 11.9. The number of ether oxygens (including phenoxy) is 1. The predicted octanol–water partition coefficient (Wildman–Crippen LogP) is 7.53. The quantitative estimate of drug-likeness (QED) is 0.121. The summed E-state index contributed by atoms with van der Waals surface area (Å²) in [6, 6.07) is 36.0. The number of halogens is 1. The van der Waals surface area contributed by atoms with Crippen molar-refractivity contribution in [1.29, 1.82) is 0 Å². The Balaban J connectivity index is 1.55. The number of rotatable bonds is 15. The van der Waals surface area contributed by atoms with Crippen LogP contribution < -0.4 is 14.4 Å². The first-order valence-electron chi connectivity index (χ1n) is 16.8. The molecule has 5 rings (SSSR count). The van der Waals surface area contributed by atoms with Gasteiger partial charge in [0.05, 0.1) is 10.6 Å². The van der Waals surface area contributed by atoms with E-state index in [0.29, 0.717) is 23.6 Å². The number of nitrogens with zero attached hydrogens (tertiary/aromatic N) is 2. The van der Waals surface area contributed by atoms with Crippen molar-refractivity contribution in [2.24, 2.45) is 5.92 Å². The number of nitrogens with one attached hydrogen (secondary N) is 1. The minimum absolute atomic E-state index is 0.00566. The van der Waals surface area contributed by atoms with E-state index < -0.39 is 34.3 Å². The fourth-order valence-corrected chi connectivity index (χ4v) is 6.85. The van der Waals surface area contributed by atoms with Crippen molar-refractivity contribution in [2.45, 2.75) is 44.7 Å². The molecule has 0 fully saturated rings. The maximum Gasteiger partial charge on any atom is 0.264 e. The summed E-state index contributed by atoms with van der Waals surface area (Å²) in [6.45, 7) is 5.50. The predicted molar refractivity (Wildman–Crippen MR) is 197 cm³/mol. The Hall–Kier alpha value is -5.48. The van der Waals surface area contributed by atoms with Gasteiger partial charge in [0.2, 0.25) is 11.8 Å². The molecule has 0 aliphatic heterocycles. The fourth-order valence-electron chi connectivity index (χ4n) is 5.43. The molecular weight excluding hydrogens is 666 g/mol. The van der Waals surface area contributed by atoms with Crippen LogP contribution in [-0.4, -0.2) is 44.3 Å². The van der Waals surface area contributed by atoms with Gasteiger partial charge in [0.25, 0.3) is 10.0 Å². The van der Waals surface area contributed by atoms with E-state index >= 15 is 0 Å². The van der Waals surface area contributed by atoms with E-state index in [1.54, 1.807) is 60.7 Å². The molecule has 0 aromatic heterocycles. The lowest BCUT2D eigenvalue weighted by Gasteiger charge is -2.34. The molecule has 8 nitrogen and oxygen atoms in total. The summed E-state index contributed by atoms with van der Waals surface area (Å²) >= 11 is 0. The van der Waals surface area contributed by atoms with Crippen LogP contribution in [0.15, 0.2) is 138 Å². The Morgan fingerprint density at radius 1 is 0.745 bits per heavy atom. The molecule has 5 aromatic rings. The second-order valence-electron chi connectivity index (χ2n) is 12.7. The molecule has 0 saturated heterocycles. The van der Waals surface area contributed by atoms with Crippen LogP contribution in [0.4, 0.5) is 10.1 Å². The van der Waals surface area contributed by atoms with Crippen LogP contribution in [0.2, 0.25) is 0 Å². The molecule has 0 spiro atoms. The molecule has 10 heteroatoms. The molecule has 2 amide bonds. The van der Waals surface area contributed by atoms with Crippen LogP contribution in [-0.2, 0) is 32.6 Å². The highest BCUT2D eigenvalue weighted by molar-refractivity contribution is 7.92. The summed E-state index contributed by atoms with van der Waals surface area (Å²) in [7, 11) is -4.28. The molecule has 1 atom stereocenters. The fraction of sp³-hybridized carbons (Fsp3) is 0.220. The maximum absolute atomic E-state index is 14.7. The molecule has 0 bridgehead atoms. The largest absolute Gasteiger partial charge is 0.457 e. The molecule has 264 valence electrons. The number of benzene rings is 5. The standard InChI is InChI=1S/C41H42FN3O5S/c1-30(2)27-43-41(47)39(26-32-10-6-4-7-11-32)44(28-33-16-18-34(42)19-17-33)40(46)29-45(51(48,49)38-24-14-31(3)15-25-38)35-20-22-37(23-21-35)50-36-12-8-5-9-13-36/h4-25,30,39H,26-29H2,1-3H3,(H,43,47)/t39-/m1/s1. The van der Waals surface area contributed by atoms with Crippen LogP contribution >= 0.6 is 0 Å². The minimum Gasteiger partial charge on any atom is -0.457 e. The van der Waals surface area contributed by atoms with Gasteiger partial charge in [-0.2, -0.15) is 0 Å². The topological polar surface area (TPSA) is 96.0 Å².